The molecule has 0 bridgehead atoms. The average Bonchev–Trinajstić information content (AvgIpc) is 3.27. The van der Waals surface area contributed by atoms with Crippen LogP contribution in [0.15, 0.2) is 52.1 Å². The first-order valence-electron chi connectivity index (χ1n) is 10.4. The van der Waals surface area contributed by atoms with E-state index in [-0.39, 0.29) is 35.5 Å². The summed E-state index contributed by atoms with van der Waals surface area (Å²) in [6, 6.07) is 11.8. The van der Waals surface area contributed by atoms with Crippen molar-refractivity contribution in [2.24, 2.45) is 4.99 Å². The van der Waals surface area contributed by atoms with Gasteiger partial charge in [0, 0.05) is 39.8 Å². The number of rotatable bonds is 5. The number of furan rings is 1. The molecular formula is C23H33IN4O3. The van der Waals surface area contributed by atoms with Gasteiger partial charge in [0.2, 0.25) is 0 Å². The standard InChI is InChI=1S/C23H32N4O3.HI/c1-23(2,3)30-17-19-8-5-7-18(15-19)16-25-22(24-4)27-12-10-26(11-13-27)21(28)20-9-6-14-29-20;/h5-9,14-15H,10-13,16-17H2,1-4H3,(H,24,25);1H. The molecule has 170 valence electrons. The fourth-order valence-corrected chi connectivity index (χ4v) is 3.32. The van der Waals surface area contributed by atoms with Crippen LogP contribution in [0.5, 0.6) is 0 Å². The van der Waals surface area contributed by atoms with Crippen molar-refractivity contribution in [2.45, 2.75) is 39.5 Å². The maximum Gasteiger partial charge on any atom is 0.289 e. The number of guanidine groups is 1. The number of hydrogen-bond acceptors (Lipinski definition) is 4. The minimum absolute atomic E-state index is 0. The van der Waals surface area contributed by atoms with Crippen molar-refractivity contribution in [3.05, 3.63) is 59.5 Å². The quantitative estimate of drug-likeness (QED) is 0.356. The highest BCUT2D eigenvalue weighted by Gasteiger charge is 2.25. The first kappa shape index (κ1) is 25.2. The molecule has 1 aliphatic heterocycles. The lowest BCUT2D eigenvalue weighted by molar-refractivity contribution is -0.0149. The number of carbonyl (C=O) groups is 1. The van der Waals surface area contributed by atoms with Gasteiger partial charge in [-0.3, -0.25) is 9.79 Å². The number of hydrogen-bond donors (Lipinski definition) is 1. The predicted octanol–water partition coefficient (Wildman–Crippen LogP) is 3.75. The number of ether oxygens (including phenoxy) is 1. The number of nitrogens with one attached hydrogen (secondary N) is 1. The number of halogens is 1. The van der Waals surface area contributed by atoms with Crippen molar-refractivity contribution >= 4 is 35.8 Å². The molecule has 0 unspecified atom stereocenters. The number of benzene rings is 1. The fourth-order valence-electron chi connectivity index (χ4n) is 3.32. The lowest BCUT2D eigenvalue weighted by Crippen LogP contribution is -2.53. The van der Waals surface area contributed by atoms with Crippen LogP contribution in [-0.2, 0) is 17.9 Å². The second-order valence-electron chi connectivity index (χ2n) is 8.38. The highest BCUT2D eigenvalue weighted by molar-refractivity contribution is 14.0. The minimum Gasteiger partial charge on any atom is -0.459 e. The number of aliphatic imine (C=N–C) groups is 1. The van der Waals surface area contributed by atoms with Crippen molar-refractivity contribution in [3.8, 4) is 0 Å². The van der Waals surface area contributed by atoms with E-state index in [1.165, 1.54) is 11.8 Å². The van der Waals surface area contributed by atoms with Crippen molar-refractivity contribution in [3.63, 3.8) is 0 Å². The molecule has 1 fully saturated rings. The first-order valence-corrected chi connectivity index (χ1v) is 10.4. The highest BCUT2D eigenvalue weighted by Crippen LogP contribution is 2.14. The van der Waals surface area contributed by atoms with Gasteiger partial charge in [-0.1, -0.05) is 24.3 Å². The van der Waals surface area contributed by atoms with Gasteiger partial charge in [-0.25, -0.2) is 0 Å². The zero-order valence-corrected chi connectivity index (χ0v) is 21.1. The van der Waals surface area contributed by atoms with Crippen LogP contribution in [0.3, 0.4) is 0 Å². The molecule has 0 saturated carbocycles. The summed E-state index contributed by atoms with van der Waals surface area (Å²) in [4.78, 5) is 20.8. The van der Waals surface area contributed by atoms with Crippen LogP contribution in [0.1, 0.15) is 42.5 Å². The third-order valence-electron chi connectivity index (χ3n) is 4.92. The number of nitrogens with zero attached hydrogens (tertiary/aromatic N) is 3. The second kappa shape index (κ2) is 11.5. The van der Waals surface area contributed by atoms with Crippen LogP contribution in [0.4, 0.5) is 0 Å². The summed E-state index contributed by atoms with van der Waals surface area (Å²) in [6.45, 7) is 10.2. The molecule has 7 nitrogen and oxygen atoms in total. The lowest BCUT2D eigenvalue weighted by atomic mass is 10.1. The van der Waals surface area contributed by atoms with E-state index in [0.29, 0.717) is 32.0 Å². The van der Waals surface area contributed by atoms with Crippen LogP contribution in [0.25, 0.3) is 0 Å². The van der Waals surface area contributed by atoms with E-state index in [0.717, 1.165) is 24.6 Å². The van der Waals surface area contributed by atoms with E-state index in [2.05, 4.69) is 60.2 Å². The molecule has 2 heterocycles. The summed E-state index contributed by atoms with van der Waals surface area (Å²) in [7, 11) is 1.79. The van der Waals surface area contributed by atoms with E-state index in [1.54, 1.807) is 19.2 Å². The summed E-state index contributed by atoms with van der Waals surface area (Å²) in [6.07, 6.45) is 1.53. The van der Waals surface area contributed by atoms with Crippen molar-refractivity contribution in [2.75, 3.05) is 33.2 Å². The summed E-state index contributed by atoms with van der Waals surface area (Å²) >= 11 is 0. The Morgan fingerprint density at radius 3 is 2.39 bits per heavy atom. The SMILES string of the molecule is CN=C(NCc1cccc(COC(C)(C)C)c1)N1CCN(C(=O)c2ccco2)CC1.I. The van der Waals surface area contributed by atoms with E-state index < -0.39 is 0 Å². The Kier molecular flexibility index (Phi) is 9.36. The Balaban J connectivity index is 0.00000341. The predicted molar refractivity (Wildman–Crippen MR) is 133 cm³/mol. The maximum atomic E-state index is 12.4. The topological polar surface area (TPSA) is 70.3 Å². The molecule has 0 radical (unpaired) electrons. The van der Waals surface area contributed by atoms with Gasteiger partial charge in [-0.05, 0) is 44.0 Å². The molecule has 1 aromatic carbocycles. The third kappa shape index (κ3) is 7.53. The van der Waals surface area contributed by atoms with Crippen LogP contribution in [0.2, 0.25) is 0 Å². The lowest BCUT2D eigenvalue weighted by Gasteiger charge is -2.36. The van der Waals surface area contributed by atoms with Gasteiger partial charge in [0.1, 0.15) is 0 Å². The minimum atomic E-state index is -0.156. The van der Waals surface area contributed by atoms with Crippen molar-refractivity contribution in [1.82, 2.24) is 15.1 Å². The van der Waals surface area contributed by atoms with Gasteiger partial charge in [-0.2, -0.15) is 0 Å². The molecule has 1 aromatic heterocycles. The van der Waals surface area contributed by atoms with E-state index in [9.17, 15) is 4.79 Å². The van der Waals surface area contributed by atoms with Gasteiger partial charge >= 0.3 is 0 Å². The van der Waals surface area contributed by atoms with Gasteiger partial charge in [0.05, 0.1) is 18.5 Å². The van der Waals surface area contributed by atoms with Crippen molar-refractivity contribution in [1.29, 1.82) is 0 Å². The van der Waals surface area contributed by atoms with Crippen LogP contribution in [0, 0.1) is 0 Å². The zero-order chi connectivity index (χ0) is 21.6. The van der Waals surface area contributed by atoms with E-state index in [4.69, 9.17) is 9.15 Å². The summed E-state index contributed by atoms with van der Waals surface area (Å²) in [5, 5.41) is 3.44. The second-order valence-corrected chi connectivity index (χ2v) is 8.38. The largest absolute Gasteiger partial charge is 0.459 e. The van der Waals surface area contributed by atoms with E-state index in [1.807, 2.05) is 4.90 Å². The molecular weight excluding hydrogens is 507 g/mol. The molecule has 8 heteroatoms. The molecule has 3 rings (SSSR count). The summed E-state index contributed by atoms with van der Waals surface area (Å²) < 4.78 is 11.1. The van der Waals surface area contributed by atoms with Gasteiger partial charge in [-0.15, -0.1) is 24.0 Å². The first-order chi connectivity index (χ1) is 14.4. The Labute approximate surface area is 201 Å². The van der Waals surface area contributed by atoms with Crippen molar-refractivity contribution < 1.29 is 13.9 Å². The Morgan fingerprint density at radius 2 is 1.77 bits per heavy atom. The average molecular weight is 540 g/mol. The molecule has 0 atom stereocenters. The molecule has 0 aliphatic carbocycles. The fraction of sp³-hybridized carbons (Fsp3) is 0.478. The molecule has 1 N–H and O–H groups in total. The zero-order valence-electron chi connectivity index (χ0n) is 18.8. The Hall–Kier alpha value is -2.07. The normalized spacial score (nSPS) is 14.9. The van der Waals surface area contributed by atoms with Crippen LogP contribution >= 0.6 is 24.0 Å². The molecule has 1 amide bonds. The molecule has 1 aliphatic rings. The van der Waals surface area contributed by atoms with E-state index >= 15 is 0 Å². The highest BCUT2D eigenvalue weighted by atomic mass is 127. The Morgan fingerprint density at radius 1 is 1.10 bits per heavy atom. The molecule has 2 aromatic rings. The number of piperazine rings is 1. The molecule has 1 saturated heterocycles. The van der Waals surface area contributed by atoms with Gasteiger partial charge in [0.15, 0.2) is 11.7 Å². The van der Waals surface area contributed by atoms with Crippen LogP contribution < -0.4 is 5.32 Å². The molecule has 0 spiro atoms. The smallest absolute Gasteiger partial charge is 0.289 e. The van der Waals surface area contributed by atoms with Gasteiger partial charge < -0.3 is 24.3 Å². The van der Waals surface area contributed by atoms with Gasteiger partial charge in [0.25, 0.3) is 5.91 Å². The third-order valence-corrected chi connectivity index (χ3v) is 4.92. The molecule has 31 heavy (non-hydrogen) atoms. The maximum absolute atomic E-state index is 12.4. The Bertz CT molecular complexity index is 854. The van der Waals surface area contributed by atoms with Crippen LogP contribution in [-0.4, -0.2) is 60.5 Å². The number of carbonyl (C=O) groups excluding carboxylic acids is 1. The monoisotopic (exact) mass is 540 g/mol. The summed E-state index contributed by atoms with van der Waals surface area (Å²) in [5.41, 5.74) is 2.18. The number of amides is 1. The summed E-state index contributed by atoms with van der Waals surface area (Å²) in [5.74, 6) is 1.18.